The Balaban J connectivity index is 2.48. The molecular weight excluding hydrogens is 398 g/mol. The zero-order valence-corrected chi connectivity index (χ0v) is 15.4. The zero-order valence-electron chi connectivity index (χ0n) is 13.0. The predicted molar refractivity (Wildman–Crippen MR) is 94.3 cm³/mol. The first-order valence-electron chi connectivity index (χ1n) is 7.03. The molecule has 0 bridgehead atoms. The molecule has 0 aliphatic heterocycles. The number of ether oxygens (including phenoxy) is 1. The third-order valence-corrected chi connectivity index (χ3v) is 5.10. The highest BCUT2D eigenvalue weighted by atomic mass is 79.9. The Morgan fingerprint density at radius 1 is 1.25 bits per heavy atom. The van der Waals surface area contributed by atoms with Gasteiger partial charge < -0.3 is 9.84 Å². The number of sulfonamides is 1. The molecule has 0 aliphatic carbocycles. The second-order valence-corrected chi connectivity index (χ2v) is 7.53. The fraction of sp³-hybridized carbons (Fsp3) is 0.188. The summed E-state index contributed by atoms with van der Waals surface area (Å²) in [6.07, 6.45) is 0. The normalized spacial score (nSPS) is 11.1. The minimum atomic E-state index is -3.95. The summed E-state index contributed by atoms with van der Waals surface area (Å²) >= 11 is 3.24. The fourth-order valence-corrected chi connectivity index (χ4v) is 3.84. The van der Waals surface area contributed by atoms with E-state index < -0.39 is 16.0 Å². The van der Waals surface area contributed by atoms with Crippen LogP contribution in [-0.4, -0.2) is 26.1 Å². The average molecular weight is 414 g/mol. The number of hydrogen-bond acceptors (Lipinski definition) is 4. The van der Waals surface area contributed by atoms with Gasteiger partial charge in [0, 0.05) is 4.47 Å². The molecule has 0 saturated carbocycles. The Labute approximate surface area is 148 Å². The van der Waals surface area contributed by atoms with Gasteiger partial charge in [0.1, 0.15) is 10.6 Å². The van der Waals surface area contributed by atoms with E-state index in [9.17, 15) is 13.2 Å². The number of carboxylic acids is 1. The number of halogens is 1. The van der Waals surface area contributed by atoms with Crippen molar-refractivity contribution in [3.8, 4) is 5.75 Å². The summed E-state index contributed by atoms with van der Waals surface area (Å²) in [6, 6.07) is 8.92. The molecule has 2 aromatic rings. The molecule has 8 heteroatoms. The van der Waals surface area contributed by atoms with Gasteiger partial charge in [-0.25, -0.2) is 13.2 Å². The van der Waals surface area contributed by atoms with Crippen molar-refractivity contribution in [3.63, 3.8) is 0 Å². The maximum atomic E-state index is 12.7. The maximum absolute atomic E-state index is 12.7. The van der Waals surface area contributed by atoms with Gasteiger partial charge in [-0.05, 0) is 49.7 Å². The van der Waals surface area contributed by atoms with Gasteiger partial charge >= 0.3 is 5.97 Å². The van der Waals surface area contributed by atoms with Crippen molar-refractivity contribution < 1.29 is 23.1 Å². The lowest BCUT2D eigenvalue weighted by Crippen LogP contribution is -2.16. The van der Waals surface area contributed by atoms with E-state index >= 15 is 0 Å². The Bertz CT molecular complexity index is 880. The van der Waals surface area contributed by atoms with Gasteiger partial charge in [-0.15, -0.1) is 0 Å². The second-order valence-electron chi connectivity index (χ2n) is 4.96. The molecule has 0 fully saturated rings. The van der Waals surface area contributed by atoms with Gasteiger partial charge in [-0.3, -0.25) is 4.72 Å². The molecule has 0 saturated heterocycles. The number of carbonyl (C=O) groups is 1. The van der Waals surface area contributed by atoms with Crippen LogP contribution in [0.3, 0.4) is 0 Å². The molecule has 24 heavy (non-hydrogen) atoms. The first-order chi connectivity index (χ1) is 11.2. The number of anilines is 1. The minimum absolute atomic E-state index is 0.00225. The minimum Gasteiger partial charge on any atom is -0.492 e. The summed E-state index contributed by atoms with van der Waals surface area (Å²) in [5, 5.41) is 9.06. The summed E-state index contributed by atoms with van der Waals surface area (Å²) in [5.41, 5.74) is 0.812. The van der Waals surface area contributed by atoms with Crippen molar-refractivity contribution in [2.75, 3.05) is 11.3 Å². The summed E-state index contributed by atoms with van der Waals surface area (Å²) in [6.45, 7) is 3.76. The van der Waals surface area contributed by atoms with E-state index in [2.05, 4.69) is 20.7 Å². The third-order valence-electron chi connectivity index (χ3n) is 3.22. The molecule has 0 radical (unpaired) electrons. The largest absolute Gasteiger partial charge is 0.492 e. The van der Waals surface area contributed by atoms with E-state index in [1.54, 1.807) is 32.0 Å². The summed E-state index contributed by atoms with van der Waals surface area (Å²) in [5.74, 6) is -0.909. The van der Waals surface area contributed by atoms with Crippen LogP contribution in [0.2, 0.25) is 0 Å². The Morgan fingerprint density at radius 2 is 1.96 bits per heavy atom. The number of aromatic carboxylic acids is 1. The van der Waals surface area contributed by atoms with Crippen LogP contribution in [0, 0.1) is 6.92 Å². The molecule has 2 aromatic carbocycles. The van der Waals surface area contributed by atoms with E-state index in [-0.39, 0.29) is 21.9 Å². The molecule has 0 unspecified atom stereocenters. The highest BCUT2D eigenvalue weighted by molar-refractivity contribution is 9.10. The predicted octanol–water partition coefficient (Wildman–Crippen LogP) is 3.66. The monoisotopic (exact) mass is 413 g/mol. The smallest absolute Gasteiger partial charge is 0.335 e. The number of carboxylic acid groups (broad SMARTS) is 1. The van der Waals surface area contributed by atoms with Gasteiger partial charge in [0.25, 0.3) is 10.0 Å². The van der Waals surface area contributed by atoms with Crippen LogP contribution in [0.5, 0.6) is 5.75 Å². The lowest BCUT2D eigenvalue weighted by Gasteiger charge is -2.14. The Hall–Kier alpha value is -2.06. The van der Waals surface area contributed by atoms with Gasteiger partial charge in [-0.1, -0.05) is 22.0 Å². The highest BCUT2D eigenvalue weighted by Crippen LogP contribution is 2.30. The van der Waals surface area contributed by atoms with E-state index in [1.165, 1.54) is 18.2 Å². The Kier molecular flexibility index (Phi) is 5.51. The molecule has 2 rings (SSSR count). The first kappa shape index (κ1) is 18.3. The SMILES string of the molecule is CCOc1ccc(Br)cc1S(=O)(=O)Nc1cc(C(=O)O)ccc1C. The molecule has 128 valence electrons. The maximum Gasteiger partial charge on any atom is 0.335 e. The number of nitrogens with one attached hydrogen (secondary N) is 1. The van der Waals surface area contributed by atoms with Crippen LogP contribution in [0.4, 0.5) is 5.69 Å². The molecule has 0 atom stereocenters. The topological polar surface area (TPSA) is 92.7 Å². The lowest BCUT2D eigenvalue weighted by molar-refractivity contribution is 0.0697. The summed E-state index contributed by atoms with van der Waals surface area (Å²) < 4.78 is 33.8. The molecule has 2 N–H and O–H groups in total. The van der Waals surface area contributed by atoms with Crippen molar-refractivity contribution in [1.29, 1.82) is 0 Å². The van der Waals surface area contributed by atoms with Crippen LogP contribution in [-0.2, 0) is 10.0 Å². The Morgan fingerprint density at radius 3 is 2.58 bits per heavy atom. The number of hydrogen-bond donors (Lipinski definition) is 2. The van der Waals surface area contributed by atoms with E-state index in [4.69, 9.17) is 9.84 Å². The molecule has 0 spiro atoms. The van der Waals surface area contributed by atoms with Crippen LogP contribution in [0.15, 0.2) is 45.8 Å². The summed E-state index contributed by atoms with van der Waals surface area (Å²) in [7, 11) is -3.95. The van der Waals surface area contributed by atoms with E-state index in [1.807, 2.05) is 0 Å². The summed E-state index contributed by atoms with van der Waals surface area (Å²) in [4.78, 5) is 11.1. The van der Waals surface area contributed by atoms with Gasteiger partial charge in [0.05, 0.1) is 17.9 Å². The van der Waals surface area contributed by atoms with E-state index in [0.29, 0.717) is 16.6 Å². The molecule has 6 nitrogen and oxygen atoms in total. The van der Waals surface area contributed by atoms with Crippen molar-refractivity contribution in [2.24, 2.45) is 0 Å². The second kappa shape index (κ2) is 7.23. The lowest BCUT2D eigenvalue weighted by atomic mass is 10.1. The van der Waals surface area contributed by atoms with Crippen LogP contribution >= 0.6 is 15.9 Å². The van der Waals surface area contributed by atoms with Crippen molar-refractivity contribution in [2.45, 2.75) is 18.7 Å². The average Bonchev–Trinajstić information content (AvgIpc) is 2.51. The van der Waals surface area contributed by atoms with E-state index in [0.717, 1.165) is 0 Å². The number of aryl methyl sites for hydroxylation is 1. The molecule has 0 aliphatic rings. The zero-order chi connectivity index (χ0) is 17.9. The standard InChI is InChI=1S/C16H16BrNO5S/c1-3-23-14-7-6-12(17)9-15(14)24(21,22)18-13-8-11(16(19)20)5-4-10(13)2/h4-9,18H,3H2,1-2H3,(H,19,20). The molecule has 0 aromatic heterocycles. The number of benzene rings is 2. The number of rotatable bonds is 6. The molecule has 0 heterocycles. The highest BCUT2D eigenvalue weighted by Gasteiger charge is 2.21. The van der Waals surface area contributed by atoms with Crippen LogP contribution in [0.1, 0.15) is 22.8 Å². The van der Waals surface area contributed by atoms with Crippen LogP contribution in [0.25, 0.3) is 0 Å². The van der Waals surface area contributed by atoms with Gasteiger partial charge in [-0.2, -0.15) is 0 Å². The first-order valence-corrected chi connectivity index (χ1v) is 9.31. The quantitative estimate of drug-likeness (QED) is 0.753. The van der Waals surface area contributed by atoms with Crippen LogP contribution < -0.4 is 9.46 Å². The third kappa shape index (κ3) is 4.07. The fourth-order valence-electron chi connectivity index (χ4n) is 2.03. The van der Waals surface area contributed by atoms with Gasteiger partial charge in [0.15, 0.2) is 0 Å². The van der Waals surface area contributed by atoms with Gasteiger partial charge in [0.2, 0.25) is 0 Å². The van der Waals surface area contributed by atoms with Crippen molar-refractivity contribution in [3.05, 3.63) is 52.0 Å². The van der Waals surface area contributed by atoms with Crippen molar-refractivity contribution in [1.82, 2.24) is 0 Å². The van der Waals surface area contributed by atoms with Crippen molar-refractivity contribution >= 4 is 37.6 Å². The molecular formula is C16H16BrNO5S. The molecule has 0 amide bonds.